The molecule has 1 aliphatic carbocycles. The highest BCUT2D eigenvalue weighted by molar-refractivity contribution is 5.91. The monoisotopic (exact) mass is 429 g/mol. The topological polar surface area (TPSA) is 70.7 Å². The largest absolute Gasteiger partial charge is 0.444 e. The van der Waals surface area contributed by atoms with Crippen LogP contribution in [0, 0.1) is 0 Å². The number of hydrogen-bond donors (Lipinski definition) is 2. The molecule has 0 aliphatic heterocycles. The molecule has 31 heavy (non-hydrogen) atoms. The number of oxime groups is 1. The van der Waals surface area contributed by atoms with Crippen LogP contribution < -0.4 is 5.32 Å². The van der Waals surface area contributed by atoms with Crippen LogP contribution in [0.1, 0.15) is 37.3 Å². The van der Waals surface area contributed by atoms with Crippen molar-refractivity contribution in [3.8, 4) is 11.3 Å². The minimum Gasteiger partial charge on any atom is -0.444 e. The zero-order chi connectivity index (χ0) is 22.1. The molecule has 0 radical (unpaired) electrons. The van der Waals surface area contributed by atoms with Crippen LogP contribution in [-0.2, 0) is 11.6 Å². The molecule has 0 bridgehead atoms. The fraction of sp³-hybridized carbons (Fsp3) is 0.304. The first-order chi connectivity index (χ1) is 14.8. The summed E-state index contributed by atoms with van der Waals surface area (Å²) in [5.41, 5.74) is 0.614. The SMILES string of the molecule is CC(=NO)C(Nc1ccc(-c2cnco2)cc1)C1(c2ccccc2C(F)(F)F)CCC1. The summed E-state index contributed by atoms with van der Waals surface area (Å²) in [7, 11) is 0. The van der Waals surface area contributed by atoms with Gasteiger partial charge in [0.2, 0.25) is 0 Å². The van der Waals surface area contributed by atoms with Crippen molar-refractivity contribution in [1.29, 1.82) is 0 Å². The van der Waals surface area contributed by atoms with Crippen molar-refractivity contribution in [1.82, 2.24) is 4.98 Å². The highest BCUT2D eigenvalue weighted by Gasteiger charge is 2.51. The molecule has 0 amide bonds. The number of alkyl halides is 3. The molecular weight excluding hydrogens is 407 g/mol. The molecule has 4 rings (SSSR count). The van der Waals surface area contributed by atoms with E-state index in [-0.39, 0.29) is 5.56 Å². The zero-order valence-electron chi connectivity index (χ0n) is 16.9. The van der Waals surface area contributed by atoms with Gasteiger partial charge in [-0.3, -0.25) is 0 Å². The molecule has 8 heteroatoms. The molecule has 1 heterocycles. The summed E-state index contributed by atoms with van der Waals surface area (Å²) < 4.78 is 46.6. The number of oxazole rings is 1. The van der Waals surface area contributed by atoms with E-state index in [1.165, 1.54) is 18.5 Å². The lowest BCUT2D eigenvalue weighted by atomic mass is 9.58. The third-order valence-electron chi connectivity index (χ3n) is 6.06. The molecule has 1 fully saturated rings. The van der Waals surface area contributed by atoms with E-state index in [1.807, 2.05) is 24.3 Å². The Labute approximate surface area is 177 Å². The van der Waals surface area contributed by atoms with Crippen LogP contribution in [0.25, 0.3) is 11.3 Å². The minimum atomic E-state index is -4.47. The van der Waals surface area contributed by atoms with Crippen molar-refractivity contribution in [2.75, 3.05) is 5.32 Å². The van der Waals surface area contributed by atoms with E-state index < -0.39 is 23.2 Å². The molecule has 1 unspecified atom stereocenters. The van der Waals surface area contributed by atoms with Gasteiger partial charge in [-0.05, 0) is 55.7 Å². The maximum atomic E-state index is 13.8. The summed E-state index contributed by atoms with van der Waals surface area (Å²) in [6.45, 7) is 1.62. The van der Waals surface area contributed by atoms with E-state index in [0.717, 1.165) is 18.1 Å². The number of rotatable bonds is 6. The van der Waals surface area contributed by atoms with Crippen LogP contribution in [-0.4, -0.2) is 21.9 Å². The average molecular weight is 429 g/mol. The van der Waals surface area contributed by atoms with Gasteiger partial charge in [-0.25, -0.2) is 4.98 Å². The lowest BCUT2D eigenvalue weighted by Gasteiger charge is -2.49. The summed E-state index contributed by atoms with van der Waals surface area (Å²) in [6.07, 6.45) is 0.393. The third-order valence-corrected chi connectivity index (χ3v) is 6.06. The summed E-state index contributed by atoms with van der Waals surface area (Å²) in [5, 5.41) is 16.2. The Balaban J connectivity index is 1.71. The molecule has 5 nitrogen and oxygen atoms in total. The third kappa shape index (κ3) is 3.89. The molecule has 0 spiro atoms. The van der Waals surface area contributed by atoms with Gasteiger partial charge >= 0.3 is 6.18 Å². The van der Waals surface area contributed by atoms with E-state index in [1.54, 1.807) is 19.2 Å². The number of aromatic nitrogens is 1. The number of halogens is 3. The first-order valence-corrected chi connectivity index (χ1v) is 9.96. The van der Waals surface area contributed by atoms with Crippen molar-refractivity contribution in [2.45, 2.75) is 43.8 Å². The first-order valence-electron chi connectivity index (χ1n) is 9.96. The van der Waals surface area contributed by atoms with Gasteiger partial charge in [-0.2, -0.15) is 13.2 Å². The molecule has 1 aliphatic rings. The number of hydrogen-bond acceptors (Lipinski definition) is 5. The second kappa shape index (κ2) is 8.09. The van der Waals surface area contributed by atoms with Gasteiger partial charge in [-0.1, -0.05) is 29.8 Å². The normalized spacial score (nSPS) is 17.1. The Bertz CT molecular complexity index is 1060. The molecule has 2 aromatic carbocycles. The molecule has 1 atom stereocenters. The lowest BCUT2D eigenvalue weighted by molar-refractivity contribution is -0.139. The highest BCUT2D eigenvalue weighted by Crippen LogP contribution is 2.51. The Morgan fingerprint density at radius 1 is 1.16 bits per heavy atom. The number of nitrogens with zero attached hydrogens (tertiary/aromatic N) is 2. The van der Waals surface area contributed by atoms with Gasteiger partial charge in [0.15, 0.2) is 12.2 Å². The van der Waals surface area contributed by atoms with E-state index in [2.05, 4.69) is 15.5 Å². The van der Waals surface area contributed by atoms with Crippen LogP contribution in [0.4, 0.5) is 18.9 Å². The number of benzene rings is 2. The van der Waals surface area contributed by atoms with Gasteiger partial charge < -0.3 is 14.9 Å². The van der Waals surface area contributed by atoms with Gasteiger partial charge in [0.25, 0.3) is 0 Å². The van der Waals surface area contributed by atoms with Crippen LogP contribution >= 0.6 is 0 Å². The second-order valence-corrected chi connectivity index (χ2v) is 7.81. The predicted octanol–water partition coefficient (Wildman–Crippen LogP) is 6.11. The highest BCUT2D eigenvalue weighted by atomic mass is 19.4. The second-order valence-electron chi connectivity index (χ2n) is 7.81. The first kappa shape index (κ1) is 21.0. The van der Waals surface area contributed by atoms with Crippen LogP contribution in [0.3, 0.4) is 0 Å². The summed E-state index contributed by atoms with van der Waals surface area (Å²) in [5.74, 6) is 0.616. The van der Waals surface area contributed by atoms with E-state index in [9.17, 15) is 18.4 Å². The smallest absolute Gasteiger partial charge is 0.416 e. The Kier molecular flexibility index (Phi) is 5.47. The van der Waals surface area contributed by atoms with Gasteiger partial charge in [0.05, 0.1) is 23.5 Å². The molecular formula is C23H22F3N3O2. The Hall–Kier alpha value is -3.29. The molecule has 3 aromatic rings. The Morgan fingerprint density at radius 3 is 2.42 bits per heavy atom. The molecule has 0 saturated heterocycles. The van der Waals surface area contributed by atoms with Gasteiger partial charge in [0.1, 0.15) is 0 Å². The van der Waals surface area contributed by atoms with E-state index in [0.29, 0.717) is 30.0 Å². The fourth-order valence-electron chi connectivity index (χ4n) is 4.39. The maximum Gasteiger partial charge on any atom is 0.416 e. The lowest BCUT2D eigenvalue weighted by Crippen LogP contribution is -2.53. The summed E-state index contributed by atoms with van der Waals surface area (Å²) in [6, 6.07) is 12.4. The van der Waals surface area contributed by atoms with Crippen LogP contribution in [0.15, 0.2) is 70.7 Å². The quantitative estimate of drug-likeness (QED) is 0.282. The minimum absolute atomic E-state index is 0.229. The molecule has 2 N–H and O–H groups in total. The average Bonchev–Trinajstić information content (AvgIpc) is 3.27. The van der Waals surface area contributed by atoms with Crippen molar-refractivity contribution >= 4 is 11.4 Å². The molecule has 162 valence electrons. The van der Waals surface area contributed by atoms with Gasteiger partial charge in [0, 0.05) is 16.7 Å². The summed E-state index contributed by atoms with van der Waals surface area (Å²) >= 11 is 0. The van der Waals surface area contributed by atoms with Crippen molar-refractivity contribution in [2.24, 2.45) is 5.16 Å². The number of nitrogens with one attached hydrogen (secondary N) is 1. The molecule has 1 aromatic heterocycles. The number of anilines is 1. The van der Waals surface area contributed by atoms with E-state index in [4.69, 9.17) is 4.42 Å². The molecule has 1 saturated carbocycles. The van der Waals surface area contributed by atoms with E-state index >= 15 is 0 Å². The zero-order valence-corrected chi connectivity index (χ0v) is 16.9. The van der Waals surface area contributed by atoms with Crippen molar-refractivity contribution in [3.05, 3.63) is 72.2 Å². The summed E-state index contributed by atoms with van der Waals surface area (Å²) in [4.78, 5) is 3.90. The maximum absolute atomic E-state index is 13.8. The standard InChI is InChI=1S/C23H22F3N3O2/c1-15(29-30)21(28-17-9-7-16(8-10-17)20-13-27-14-31-20)22(11-4-12-22)18-5-2-3-6-19(18)23(24,25)26/h2-3,5-10,13-14,21,28,30H,4,11-12H2,1H3. The predicted molar refractivity (Wildman–Crippen MR) is 111 cm³/mol. The van der Waals surface area contributed by atoms with Crippen molar-refractivity contribution in [3.63, 3.8) is 0 Å². The Morgan fingerprint density at radius 2 is 1.87 bits per heavy atom. The van der Waals surface area contributed by atoms with Gasteiger partial charge in [-0.15, -0.1) is 0 Å². The van der Waals surface area contributed by atoms with Crippen LogP contribution in [0.2, 0.25) is 0 Å². The fourth-order valence-corrected chi connectivity index (χ4v) is 4.39. The van der Waals surface area contributed by atoms with Crippen LogP contribution in [0.5, 0.6) is 0 Å². The van der Waals surface area contributed by atoms with Crippen molar-refractivity contribution < 1.29 is 22.8 Å².